The summed E-state index contributed by atoms with van der Waals surface area (Å²) in [5.74, 6) is 0. The summed E-state index contributed by atoms with van der Waals surface area (Å²) in [6.45, 7) is 5.45. The van der Waals surface area contributed by atoms with E-state index in [1.54, 1.807) is 12.4 Å². The van der Waals surface area contributed by atoms with Crippen molar-refractivity contribution in [2.24, 2.45) is 7.05 Å². The lowest BCUT2D eigenvalue weighted by Crippen LogP contribution is -2.38. The maximum atomic E-state index is 5.96. The molecule has 3 aromatic rings. The van der Waals surface area contributed by atoms with E-state index in [-0.39, 0.29) is 6.10 Å². The van der Waals surface area contributed by atoms with Crippen molar-refractivity contribution in [3.05, 3.63) is 60.2 Å². The summed E-state index contributed by atoms with van der Waals surface area (Å²) in [6, 6.07) is 4.08. The second-order valence-corrected chi connectivity index (χ2v) is 6.57. The Labute approximate surface area is 152 Å². The lowest BCUT2D eigenvalue weighted by molar-refractivity contribution is -0.0350. The van der Waals surface area contributed by atoms with Crippen molar-refractivity contribution in [2.75, 3.05) is 19.7 Å². The summed E-state index contributed by atoms with van der Waals surface area (Å²) in [5.41, 5.74) is 5.40. The van der Waals surface area contributed by atoms with Crippen LogP contribution >= 0.6 is 0 Å². The highest BCUT2D eigenvalue weighted by atomic mass is 16.5. The van der Waals surface area contributed by atoms with Crippen molar-refractivity contribution < 1.29 is 4.74 Å². The average molecular weight is 350 g/mol. The minimum atomic E-state index is -0.0122. The van der Waals surface area contributed by atoms with Gasteiger partial charge in [0, 0.05) is 67.7 Å². The van der Waals surface area contributed by atoms with Crippen LogP contribution in [0.3, 0.4) is 0 Å². The Morgan fingerprint density at radius 1 is 1.12 bits per heavy atom. The number of morpholine rings is 1. The number of rotatable bonds is 4. The monoisotopic (exact) mass is 350 g/mol. The molecule has 4 heterocycles. The summed E-state index contributed by atoms with van der Waals surface area (Å²) in [6.07, 6.45) is 8.91. The predicted octanol–water partition coefficient (Wildman–Crippen LogP) is 2.15. The van der Waals surface area contributed by atoms with E-state index in [2.05, 4.69) is 37.9 Å². The van der Waals surface area contributed by atoms with Gasteiger partial charge < -0.3 is 4.74 Å². The van der Waals surface area contributed by atoms with Gasteiger partial charge in [0.2, 0.25) is 0 Å². The van der Waals surface area contributed by atoms with E-state index < -0.39 is 0 Å². The zero-order valence-electron chi connectivity index (χ0n) is 15.0. The molecule has 1 fully saturated rings. The SMILES string of the molecule is Cc1c(CN2CCOC(c3ccc(-c4cncnc4)cn3)C2)cnn1C. The van der Waals surface area contributed by atoms with Crippen molar-refractivity contribution in [1.82, 2.24) is 29.6 Å². The molecule has 1 unspecified atom stereocenters. The van der Waals surface area contributed by atoms with E-state index in [9.17, 15) is 0 Å². The molecule has 1 aliphatic rings. The molecular weight excluding hydrogens is 328 g/mol. The molecule has 0 bridgehead atoms. The molecule has 26 heavy (non-hydrogen) atoms. The van der Waals surface area contributed by atoms with Crippen molar-refractivity contribution in [3.8, 4) is 11.1 Å². The summed E-state index contributed by atoms with van der Waals surface area (Å²) in [4.78, 5) is 15.1. The first kappa shape index (κ1) is 16.8. The summed E-state index contributed by atoms with van der Waals surface area (Å²) >= 11 is 0. The molecule has 0 aromatic carbocycles. The fraction of sp³-hybridized carbons (Fsp3) is 0.368. The number of aromatic nitrogens is 5. The minimum Gasteiger partial charge on any atom is -0.369 e. The van der Waals surface area contributed by atoms with Gasteiger partial charge in [0.05, 0.1) is 18.5 Å². The molecule has 0 radical (unpaired) electrons. The van der Waals surface area contributed by atoms with E-state index >= 15 is 0 Å². The van der Waals surface area contributed by atoms with Crippen LogP contribution in [0.15, 0.2) is 43.2 Å². The van der Waals surface area contributed by atoms with E-state index in [4.69, 9.17) is 4.74 Å². The van der Waals surface area contributed by atoms with Crippen LogP contribution in [-0.4, -0.2) is 49.3 Å². The highest BCUT2D eigenvalue weighted by Gasteiger charge is 2.24. The highest BCUT2D eigenvalue weighted by Crippen LogP contribution is 2.24. The standard InChI is InChI=1S/C19H22N6O/c1-14-17(10-23-24(14)2)11-25-5-6-26-19(12-25)18-4-3-15(9-22-18)16-7-20-13-21-8-16/h3-4,7-10,13,19H,5-6,11-12H2,1-2H3. The van der Waals surface area contributed by atoms with Crippen molar-refractivity contribution in [2.45, 2.75) is 19.6 Å². The second-order valence-electron chi connectivity index (χ2n) is 6.57. The van der Waals surface area contributed by atoms with Gasteiger partial charge in [-0.2, -0.15) is 5.10 Å². The van der Waals surface area contributed by atoms with E-state index in [0.29, 0.717) is 6.61 Å². The summed E-state index contributed by atoms with van der Waals surface area (Å²) in [5, 5.41) is 4.33. The molecular formula is C19H22N6O. The number of hydrogen-bond acceptors (Lipinski definition) is 6. The third-order valence-corrected chi connectivity index (χ3v) is 4.89. The minimum absolute atomic E-state index is 0.0122. The highest BCUT2D eigenvalue weighted by molar-refractivity contribution is 5.60. The Morgan fingerprint density at radius 3 is 2.65 bits per heavy atom. The Bertz CT molecular complexity index is 861. The van der Waals surface area contributed by atoms with Gasteiger partial charge in [-0.05, 0) is 13.0 Å². The first-order valence-electron chi connectivity index (χ1n) is 8.73. The third kappa shape index (κ3) is 3.49. The molecule has 1 aliphatic heterocycles. The van der Waals surface area contributed by atoms with Gasteiger partial charge in [0.25, 0.3) is 0 Å². The zero-order chi connectivity index (χ0) is 17.9. The molecule has 0 amide bonds. The van der Waals surface area contributed by atoms with Crippen LogP contribution in [0.5, 0.6) is 0 Å². The van der Waals surface area contributed by atoms with E-state index in [1.807, 2.05) is 30.2 Å². The maximum Gasteiger partial charge on any atom is 0.115 e. The van der Waals surface area contributed by atoms with E-state index in [1.165, 1.54) is 17.6 Å². The lowest BCUT2D eigenvalue weighted by Gasteiger charge is -2.32. The number of pyridine rings is 1. The largest absolute Gasteiger partial charge is 0.369 e. The number of ether oxygens (including phenoxy) is 1. The molecule has 4 rings (SSSR count). The van der Waals surface area contributed by atoms with Crippen LogP contribution in [-0.2, 0) is 18.3 Å². The van der Waals surface area contributed by atoms with Gasteiger partial charge in [-0.25, -0.2) is 9.97 Å². The lowest BCUT2D eigenvalue weighted by atomic mass is 10.1. The molecule has 7 nitrogen and oxygen atoms in total. The molecule has 0 saturated carbocycles. The summed E-state index contributed by atoms with van der Waals surface area (Å²) in [7, 11) is 1.98. The van der Waals surface area contributed by atoms with Gasteiger partial charge >= 0.3 is 0 Å². The molecule has 0 aliphatic carbocycles. The Kier molecular flexibility index (Phi) is 4.73. The van der Waals surface area contributed by atoms with Crippen molar-refractivity contribution in [3.63, 3.8) is 0 Å². The van der Waals surface area contributed by atoms with Gasteiger partial charge in [-0.15, -0.1) is 0 Å². The third-order valence-electron chi connectivity index (χ3n) is 4.89. The topological polar surface area (TPSA) is 69.0 Å². The first-order valence-corrected chi connectivity index (χ1v) is 8.73. The van der Waals surface area contributed by atoms with Gasteiger partial charge in [-0.1, -0.05) is 6.07 Å². The van der Waals surface area contributed by atoms with Crippen LogP contribution in [0.25, 0.3) is 11.1 Å². The van der Waals surface area contributed by atoms with Gasteiger partial charge in [0.15, 0.2) is 0 Å². The number of aryl methyl sites for hydroxylation is 1. The normalized spacial score (nSPS) is 18.2. The van der Waals surface area contributed by atoms with Crippen molar-refractivity contribution >= 4 is 0 Å². The van der Waals surface area contributed by atoms with Crippen LogP contribution < -0.4 is 0 Å². The van der Waals surface area contributed by atoms with Crippen LogP contribution in [0.1, 0.15) is 23.1 Å². The fourth-order valence-electron chi connectivity index (χ4n) is 3.18. The molecule has 1 saturated heterocycles. The number of nitrogens with zero attached hydrogens (tertiary/aromatic N) is 6. The molecule has 134 valence electrons. The van der Waals surface area contributed by atoms with E-state index in [0.717, 1.165) is 36.5 Å². The molecule has 3 aromatic heterocycles. The first-order chi connectivity index (χ1) is 12.7. The number of hydrogen-bond donors (Lipinski definition) is 0. The maximum absolute atomic E-state index is 5.96. The predicted molar refractivity (Wildman–Crippen MR) is 97.2 cm³/mol. The quantitative estimate of drug-likeness (QED) is 0.718. The van der Waals surface area contributed by atoms with Crippen molar-refractivity contribution in [1.29, 1.82) is 0 Å². The molecule has 7 heteroatoms. The fourth-order valence-corrected chi connectivity index (χ4v) is 3.18. The molecule has 1 atom stereocenters. The smallest absolute Gasteiger partial charge is 0.115 e. The van der Waals surface area contributed by atoms with Crippen LogP contribution in [0, 0.1) is 6.92 Å². The zero-order valence-corrected chi connectivity index (χ0v) is 15.0. The van der Waals surface area contributed by atoms with Crippen LogP contribution in [0.4, 0.5) is 0 Å². The molecule has 0 N–H and O–H groups in total. The second kappa shape index (κ2) is 7.31. The Balaban J connectivity index is 1.45. The Morgan fingerprint density at radius 2 is 1.96 bits per heavy atom. The Hall–Kier alpha value is -2.64. The van der Waals surface area contributed by atoms with Gasteiger partial charge in [-0.3, -0.25) is 14.6 Å². The van der Waals surface area contributed by atoms with Crippen LogP contribution in [0.2, 0.25) is 0 Å². The van der Waals surface area contributed by atoms with Gasteiger partial charge in [0.1, 0.15) is 12.4 Å². The molecule has 0 spiro atoms. The summed E-state index contributed by atoms with van der Waals surface area (Å²) < 4.78 is 7.88. The average Bonchev–Trinajstić information content (AvgIpc) is 3.01.